The van der Waals surface area contributed by atoms with E-state index in [0.29, 0.717) is 31.4 Å². The number of methoxy groups -OCH3 is 1. The van der Waals surface area contributed by atoms with E-state index < -0.39 is 27.8 Å². The maximum absolute atomic E-state index is 13.4. The average molecular weight is 474 g/mol. The predicted molar refractivity (Wildman–Crippen MR) is 107 cm³/mol. The van der Waals surface area contributed by atoms with Gasteiger partial charge in [0.1, 0.15) is 23.3 Å². The number of rotatable bonds is 3. The Labute approximate surface area is 181 Å². The number of nitrogens with one attached hydrogen (secondary N) is 1. The molecule has 2 amide bonds. The number of halogens is 3. The van der Waals surface area contributed by atoms with Crippen molar-refractivity contribution in [2.45, 2.75) is 49.9 Å². The van der Waals surface area contributed by atoms with Crippen LogP contribution in [0.15, 0.2) is 15.5 Å². The number of aryl methyl sites for hydroxylation is 1. The van der Waals surface area contributed by atoms with Crippen molar-refractivity contribution in [3.05, 3.63) is 28.7 Å². The third-order valence-corrected chi connectivity index (χ3v) is 6.72. The lowest BCUT2D eigenvalue weighted by Crippen LogP contribution is -2.32. The van der Waals surface area contributed by atoms with Crippen LogP contribution < -0.4 is 15.2 Å². The number of nitrogens with two attached hydrogens (primary N) is 1. The first-order valence-corrected chi connectivity index (χ1v) is 11.3. The zero-order chi connectivity index (χ0) is 23.3. The highest BCUT2D eigenvalue weighted by Crippen LogP contribution is 2.39. The number of pyridine rings is 1. The molecule has 32 heavy (non-hydrogen) atoms. The molecule has 0 spiro atoms. The van der Waals surface area contributed by atoms with E-state index in [1.807, 2.05) is 0 Å². The van der Waals surface area contributed by atoms with Gasteiger partial charge in [0.05, 0.1) is 18.4 Å². The molecule has 174 valence electrons. The van der Waals surface area contributed by atoms with E-state index in [-0.39, 0.29) is 40.4 Å². The molecule has 1 aliphatic heterocycles. The molecule has 14 heteroatoms. The number of nitrogens with zero attached hydrogens (tertiary/aromatic N) is 4. The highest BCUT2D eigenvalue weighted by molar-refractivity contribution is 7.91. The van der Waals surface area contributed by atoms with Gasteiger partial charge in [0.2, 0.25) is 5.88 Å². The van der Waals surface area contributed by atoms with Gasteiger partial charge in [-0.1, -0.05) is 0 Å². The van der Waals surface area contributed by atoms with Crippen molar-refractivity contribution in [2.24, 2.45) is 9.50 Å². The second-order valence-corrected chi connectivity index (χ2v) is 9.25. The normalized spacial score (nSPS) is 19.5. The summed E-state index contributed by atoms with van der Waals surface area (Å²) in [6.45, 7) is 1.72. The van der Waals surface area contributed by atoms with Crippen LogP contribution in [0.3, 0.4) is 0 Å². The number of alkyl halides is 3. The van der Waals surface area contributed by atoms with Crippen molar-refractivity contribution < 1.29 is 31.6 Å². The average Bonchev–Trinajstić information content (AvgIpc) is 3.35. The maximum Gasteiger partial charge on any atom is 0.433 e. The second-order valence-electron chi connectivity index (χ2n) is 7.49. The SMILES string of the molecule is CO[C@H]1COc2c([S@](N)(=O)=NC(=O)Nc3c(C)c(C(F)(F)F)nc4c3CCC4)cnn2C1. The van der Waals surface area contributed by atoms with Gasteiger partial charge in [0, 0.05) is 18.4 Å². The van der Waals surface area contributed by atoms with Crippen molar-refractivity contribution >= 4 is 21.6 Å². The molecule has 0 aromatic carbocycles. The molecular weight excluding hydrogens is 453 g/mol. The number of anilines is 1. The van der Waals surface area contributed by atoms with Crippen LogP contribution >= 0.6 is 0 Å². The van der Waals surface area contributed by atoms with Crippen molar-refractivity contribution in [3.8, 4) is 5.88 Å². The van der Waals surface area contributed by atoms with Crippen LogP contribution in [-0.4, -0.2) is 44.8 Å². The number of urea groups is 1. The van der Waals surface area contributed by atoms with E-state index in [1.165, 1.54) is 24.9 Å². The Hall–Kier alpha value is -2.71. The zero-order valence-corrected chi connectivity index (χ0v) is 18.0. The number of aromatic nitrogens is 3. The molecule has 2 aliphatic rings. The molecule has 4 rings (SSSR count). The number of carbonyl (C=O) groups is 1. The summed E-state index contributed by atoms with van der Waals surface area (Å²) in [6.07, 6.45) is -2.32. The number of carbonyl (C=O) groups excluding carboxylic acids is 1. The molecule has 2 aromatic heterocycles. The number of ether oxygens (including phenoxy) is 2. The number of hydrogen-bond donors (Lipinski definition) is 2. The van der Waals surface area contributed by atoms with E-state index in [1.54, 1.807) is 0 Å². The summed E-state index contributed by atoms with van der Waals surface area (Å²) in [4.78, 5) is 16.2. The van der Waals surface area contributed by atoms with Crippen LogP contribution in [0, 0.1) is 6.92 Å². The smallest absolute Gasteiger partial charge is 0.433 e. The number of hydrogen-bond acceptors (Lipinski definition) is 6. The van der Waals surface area contributed by atoms with Crippen molar-refractivity contribution in [1.29, 1.82) is 0 Å². The quantitative estimate of drug-likeness (QED) is 0.702. The van der Waals surface area contributed by atoms with Gasteiger partial charge < -0.3 is 14.8 Å². The van der Waals surface area contributed by atoms with E-state index in [0.717, 1.165) is 0 Å². The summed E-state index contributed by atoms with van der Waals surface area (Å²) in [5.74, 6) is 0.0997. The standard InChI is InChI=1S/C18H21F3N6O4S/c1-9-14(11-4-3-5-12(11)24-15(9)18(19,20)21)25-17(28)26-32(22,29)13-6-23-27-7-10(30-2)8-31-16(13)27/h6,10H,3-5,7-8H2,1-2H3,(H3,22,24,25,26,28,29)/t10-,32-/m1/s1. The number of amides is 2. The minimum atomic E-state index is -4.69. The molecule has 2 atom stereocenters. The van der Waals surface area contributed by atoms with Crippen LogP contribution in [0.2, 0.25) is 0 Å². The fourth-order valence-electron chi connectivity index (χ4n) is 3.82. The van der Waals surface area contributed by atoms with E-state index >= 15 is 0 Å². The van der Waals surface area contributed by atoms with Crippen LogP contribution in [0.5, 0.6) is 5.88 Å². The lowest BCUT2D eigenvalue weighted by Gasteiger charge is -2.23. The molecule has 2 aromatic rings. The summed E-state index contributed by atoms with van der Waals surface area (Å²) < 4.78 is 68.9. The van der Waals surface area contributed by atoms with E-state index in [4.69, 9.17) is 14.6 Å². The summed E-state index contributed by atoms with van der Waals surface area (Å²) in [6, 6.07) is -1.14. The van der Waals surface area contributed by atoms with Gasteiger partial charge in [-0.3, -0.25) is 0 Å². The van der Waals surface area contributed by atoms with Crippen LogP contribution in [0.4, 0.5) is 23.7 Å². The van der Waals surface area contributed by atoms with Gasteiger partial charge in [0.25, 0.3) is 0 Å². The van der Waals surface area contributed by atoms with Crippen molar-refractivity contribution in [3.63, 3.8) is 0 Å². The van der Waals surface area contributed by atoms with E-state index in [2.05, 4.69) is 19.8 Å². The first-order valence-electron chi connectivity index (χ1n) is 9.68. The highest BCUT2D eigenvalue weighted by Gasteiger charge is 2.38. The first-order chi connectivity index (χ1) is 15.0. The number of fused-ring (bicyclic) bond motifs is 2. The molecule has 3 N–H and O–H groups in total. The van der Waals surface area contributed by atoms with Gasteiger partial charge in [-0.25, -0.2) is 23.8 Å². The zero-order valence-electron chi connectivity index (χ0n) is 17.2. The molecule has 0 unspecified atom stereocenters. The molecule has 0 fully saturated rings. The Kier molecular flexibility index (Phi) is 5.63. The summed E-state index contributed by atoms with van der Waals surface area (Å²) in [5, 5.41) is 12.2. The fraction of sp³-hybridized carbons (Fsp3) is 0.500. The minimum absolute atomic E-state index is 0.0278. The lowest BCUT2D eigenvalue weighted by molar-refractivity contribution is -0.141. The lowest BCUT2D eigenvalue weighted by atomic mass is 10.1. The Morgan fingerprint density at radius 2 is 2.19 bits per heavy atom. The summed E-state index contributed by atoms with van der Waals surface area (Å²) >= 11 is 0. The summed E-state index contributed by atoms with van der Waals surface area (Å²) in [7, 11) is -2.28. The molecule has 3 heterocycles. The van der Waals surface area contributed by atoms with Gasteiger partial charge in [0.15, 0.2) is 9.92 Å². The van der Waals surface area contributed by atoms with Crippen molar-refractivity contribution in [2.75, 3.05) is 19.0 Å². The molecule has 0 bridgehead atoms. The first kappa shape index (κ1) is 22.5. The Morgan fingerprint density at radius 3 is 2.88 bits per heavy atom. The molecule has 0 saturated carbocycles. The molecular formula is C18H21F3N6O4S. The molecule has 10 nitrogen and oxygen atoms in total. The van der Waals surface area contributed by atoms with Gasteiger partial charge in [-0.05, 0) is 31.7 Å². The largest absolute Gasteiger partial charge is 0.474 e. The third-order valence-electron chi connectivity index (χ3n) is 5.38. The van der Waals surface area contributed by atoms with Crippen LogP contribution in [-0.2, 0) is 40.2 Å². The highest BCUT2D eigenvalue weighted by atomic mass is 32.2. The second kappa shape index (κ2) is 8.01. The monoisotopic (exact) mass is 474 g/mol. The van der Waals surface area contributed by atoms with Gasteiger partial charge in [-0.2, -0.15) is 18.3 Å². The van der Waals surface area contributed by atoms with Gasteiger partial charge >= 0.3 is 12.2 Å². The van der Waals surface area contributed by atoms with Crippen LogP contribution in [0.1, 0.15) is 28.9 Å². The Balaban J connectivity index is 1.67. The molecule has 0 radical (unpaired) electrons. The van der Waals surface area contributed by atoms with E-state index in [9.17, 15) is 22.2 Å². The third kappa shape index (κ3) is 4.04. The van der Waals surface area contributed by atoms with Gasteiger partial charge in [-0.15, -0.1) is 4.36 Å². The van der Waals surface area contributed by atoms with Crippen LogP contribution in [0.25, 0.3) is 0 Å². The minimum Gasteiger partial charge on any atom is -0.474 e. The Morgan fingerprint density at radius 1 is 1.44 bits per heavy atom. The maximum atomic E-state index is 13.4. The molecule has 0 saturated heterocycles. The molecule has 1 aliphatic carbocycles. The fourth-order valence-corrected chi connectivity index (χ4v) is 4.83. The topological polar surface area (TPSA) is 134 Å². The van der Waals surface area contributed by atoms with Crippen molar-refractivity contribution in [1.82, 2.24) is 14.8 Å². The predicted octanol–water partition coefficient (Wildman–Crippen LogP) is 2.43. The Bertz CT molecular complexity index is 1200. The summed E-state index contributed by atoms with van der Waals surface area (Å²) in [5.41, 5.74) is -0.547.